The second-order valence-corrected chi connectivity index (χ2v) is 8.56. The van der Waals surface area contributed by atoms with Crippen molar-refractivity contribution in [2.75, 3.05) is 19.6 Å². The Bertz CT molecular complexity index is 762. The van der Waals surface area contributed by atoms with Crippen molar-refractivity contribution in [1.29, 1.82) is 0 Å². The number of amides is 2. The SMILES string of the molecule is C=CC(=O)N1CCC(C(=O)NCC[C@@H]2C[C@H]3C=C[C@H]2C3)(c2ccccc2)CC1. The van der Waals surface area contributed by atoms with Crippen LogP contribution in [0.2, 0.25) is 0 Å². The van der Waals surface area contributed by atoms with E-state index in [1.165, 1.54) is 18.9 Å². The summed E-state index contributed by atoms with van der Waals surface area (Å²) in [6, 6.07) is 10.1. The molecule has 4 heteroatoms. The van der Waals surface area contributed by atoms with Gasteiger partial charge in [-0.3, -0.25) is 9.59 Å². The highest BCUT2D eigenvalue weighted by Gasteiger charge is 2.43. The van der Waals surface area contributed by atoms with Gasteiger partial charge in [-0.05, 0) is 61.5 Å². The van der Waals surface area contributed by atoms with Gasteiger partial charge in [-0.1, -0.05) is 49.1 Å². The van der Waals surface area contributed by atoms with Crippen molar-refractivity contribution in [3.05, 3.63) is 60.7 Å². The third kappa shape index (κ3) is 3.52. The second-order valence-electron chi connectivity index (χ2n) is 8.56. The van der Waals surface area contributed by atoms with Gasteiger partial charge in [0.15, 0.2) is 0 Å². The molecule has 0 radical (unpaired) electrons. The van der Waals surface area contributed by atoms with E-state index in [0.29, 0.717) is 25.9 Å². The van der Waals surface area contributed by atoms with Crippen LogP contribution in [0.15, 0.2) is 55.1 Å². The first kappa shape index (κ1) is 19.0. The normalized spacial score (nSPS) is 27.6. The number of hydrogen-bond acceptors (Lipinski definition) is 2. The summed E-state index contributed by atoms with van der Waals surface area (Å²) in [5.41, 5.74) is 0.509. The Morgan fingerprint density at radius 2 is 1.89 bits per heavy atom. The molecule has 1 heterocycles. The van der Waals surface area contributed by atoms with Crippen molar-refractivity contribution in [2.24, 2.45) is 17.8 Å². The average molecular weight is 379 g/mol. The average Bonchev–Trinajstić information content (AvgIpc) is 3.37. The molecule has 0 spiro atoms. The lowest BCUT2D eigenvalue weighted by Crippen LogP contribution is -2.52. The van der Waals surface area contributed by atoms with Gasteiger partial charge in [0.25, 0.3) is 0 Å². The topological polar surface area (TPSA) is 49.4 Å². The third-order valence-electron chi connectivity index (χ3n) is 7.08. The highest BCUT2D eigenvalue weighted by atomic mass is 16.2. The molecule has 2 amide bonds. The predicted octanol–water partition coefficient (Wildman–Crippen LogP) is 3.45. The largest absolute Gasteiger partial charge is 0.355 e. The summed E-state index contributed by atoms with van der Waals surface area (Å²) in [5.74, 6) is 2.27. The zero-order valence-corrected chi connectivity index (χ0v) is 16.5. The van der Waals surface area contributed by atoms with Crippen molar-refractivity contribution in [3.8, 4) is 0 Å². The monoisotopic (exact) mass is 378 g/mol. The van der Waals surface area contributed by atoms with Crippen molar-refractivity contribution in [2.45, 2.75) is 37.5 Å². The highest BCUT2D eigenvalue weighted by molar-refractivity contribution is 5.90. The number of hydrogen-bond donors (Lipinski definition) is 1. The van der Waals surface area contributed by atoms with Crippen LogP contribution in [-0.4, -0.2) is 36.3 Å². The smallest absolute Gasteiger partial charge is 0.245 e. The summed E-state index contributed by atoms with van der Waals surface area (Å²) < 4.78 is 0. The van der Waals surface area contributed by atoms with E-state index in [1.807, 2.05) is 30.3 Å². The van der Waals surface area contributed by atoms with Crippen molar-refractivity contribution >= 4 is 11.8 Å². The maximum Gasteiger partial charge on any atom is 0.245 e. The van der Waals surface area contributed by atoms with E-state index >= 15 is 0 Å². The number of nitrogens with zero attached hydrogens (tertiary/aromatic N) is 1. The van der Waals surface area contributed by atoms with Crippen LogP contribution in [0, 0.1) is 17.8 Å². The molecule has 3 atom stereocenters. The number of likely N-dealkylation sites (tertiary alicyclic amines) is 1. The van der Waals surface area contributed by atoms with E-state index < -0.39 is 5.41 Å². The molecule has 28 heavy (non-hydrogen) atoms. The molecule has 2 fully saturated rings. The Morgan fingerprint density at radius 3 is 2.50 bits per heavy atom. The first-order valence-electron chi connectivity index (χ1n) is 10.6. The fourth-order valence-electron chi connectivity index (χ4n) is 5.41. The van der Waals surface area contributed by atoms with Crippen LogP contribution in [0.4, 0.5) is 0 Å². The molecule has 0 unspecified atom stereocenters. The molecule has 1 aliphatic heterocycles. The van der Waals surface area contributed by atoms with Crippen molar-refractivity contribution in [1.82, 2.24) is 10.2 Å². The lowest BCUT2D eigenvalue weighted by Gasteiger charge is -2.41. The number of nitrogens with one attached hydrogen (secondary N) is 1. The highest BCUT2D eigenvalue weighted by Crippen LogP contribution is 2.44. The zero-order chi connectivity index (χ0) is 19.6. The first-order chi connectivity index (χ1) is 13.6. The molecule has 1 saturated heterocycles. The maximum atomic E-state index is 13.4. The fourth-order valence-corrected chi connectivity index (χ4v) is 5.41. The van der Waals surface area contributed by atoms with Gasteiger partial charge in [-0.15, -0.1) is 0 Å². The molecule has 1 aromatic rings. The Morgan fingerprint density at radius 1 is 1.14 bits per heavy atom. The van der Waals surface area contributed by atoms with Gasteiger partial charge in [0.2, 0.25) is 11.8 Å². The van der Waals surface area contributed by atoms with Gasteiger partial charge in [0.05, 0.1) is 5.41 Å². The van der Waals surface area contributed by atoms with Gasteiger partial charge < -0.3 is 10.2 Å². The van der Waals surface area contributed by atoms with E-state index in [0.717, 1.165) is 36.3 Å². The van der Waals surface area contributed by atoms with Gasteiger partial charge in [0.1, 0.15) is 0 Å². The van der Waals surface area contributed by atoms with Gasteiger partial charge in [-0.2, -0.15) is 0 Å². The molecule has 2 bridgehead atoms. The number of allylic oxidation sites excluding steroid dienone is 2. The molecule has 1 aromatic carbocycles. The maximum absolute atomic E-state index is 13.4. The summed E-state index contributed by atoms with van der Waals surface area (Å²) in [6.45, 7) is 5.50. The Kier molecular flexibility index (Phi) is 5.38. The van der Waals surface area contributed by atoms with Crippen LogP contribution < -0.4 is 5.32 Å². The molecule has 4 nitrogen and oxygen atoms in total. The molecular weight excluding hydrogens is 348 g/mol. The van der Waals surface area contributed by atoms with E-state index in [9.17, 15) is 9.59 Å². The van der Waals surface area contributed by atoms with E-state index in [4.69, 9.17) is 0 Å². The summed E-state index contributed by atoms with van der Waals surface area (Å²) in [5, 5.41) is 3.25. The molecule has 1 saturated carbocycles. The number of carbonyl (C=O) groups excluding carboxylic acids is 2. The summed E-state index contributed by atoms with van der Waals surface area (Å²) in [7, 11) is 0. The summed E-state index contributed by atoms with van der Waals surface area (Å²) in [4.78, 5) is 27.1. The minimum atomic E-state index is -0.548. The van der Waals surface area contributed by atoms with Crippen molar-refractivity contribution < 1.29 is 9.59 Å². The van der Waals surface area contributed by atoms with Gasteiger partial charge in [-0.25, -0.2) is 0 Å². The molecular formula is C24H30N2O2. The summed E-state index contributed by atoms with van der Waals surface area (Å²) in [6.07, 6.45) is 11.0. The second kappa shape index (κ2) is 7.94. The quantitative estimate of drug-likeness (QED) is 0.609. The standard InChI is InChI=1S/C24H30N2O2/c1-2-22(27)26-14-11-24(12-15-26,21-6-4-3-5-7-21)23(28)25-13-10-20-17-18-8-9-19(20)16-18/h2-9,18-20H,1,10-17H2,(H,25,28)/t18-,19-,20+/m0/s1. The molecule has 2 aliphatic carbocycles. The third-order valence-corrected chi connectivity index (χ3v) is 7.08. The van der Waals surface area contributed by atoms with Crippen LogP contribution in [0.5, 0.6) is 0 Å². The Hall–Kier alpha value is -2.36. The van der Waals surface area contributed by atoms with Crippen LogP contribution >= 0.6 is 0 Å². The van der Waals surface area contributed by atoms with Crippen LogP contribution in [-0.2, 0) is 15.0 Å². The van der Waals surface area contributed by atoms with Crippen LogP contribution in [0.25, 0.3) is 0 Å². The Balaban J connectivity index is 1.42. The zero-order valence-electron chi connectivity index (χ0n) is 16.5. The number of piperidine rings is 1. The molecule has 4 rings (SSSR count). The van der Waals surface area contributed by atoms with Gasteiger partial charge in [0, 0.05) is 19.6 Å². The molecule has 3 aliphatic rings. The molecule has 1 N–H and O–H groups in total. The number of rotatable bonds is 6. The molecule has 148 valence electrons. The van der Waals surface area contributed by atoms with Crippen LogP contribution in [0.3, 0.4) is 0 Å². The molecule has 0 aromatic heterocycles. The van der Waals surface area contributed by atoms with Crippen molar-refractivity contribution in [3.63, 3.8) is 0 Å². The summed E-state index contributed by atoms with van der Waals surface area (Å²) >= 11 is 0. The van der Waals surface area contributed by atoms with E-state index in [1.54, 1.807) is 4.90 Å². The Labute approximate surface area is 167 Å². The minimum absolute atomic E-state index is 0.0496. The lowest BCUT2D eigenvalue weighted by molar-refractivity contribution is -0.133. The van der Waals surface area contributed by atoms with E-state index in [2.05, 4.69) is 24.0 Å². The minimum Gasteiger partial charge on any atom is -0.355 e. The number of fused-ring (bicyclic) bond motifs is 2. The van der Waals surface area contributed by atoms with E-state index in [-0.39, 0.29) is 11.8 Å². The number of benzene rings is 1. The lowest BCUT2D eigenvalue weighted by atomic mass is 9.72. The van der Waals surface area contributed by atoms with Crippen LogP contribution in [0.1, 0.15) is 37.7 Å². The fraction of sp³-hybridized carbons (Fsp3) is 0.500. The number of carbonyl (C=O) groups is 2. The van der Waals surface area contributed by atoms with Gasteiger partial charge >= 0.3 is 0 Å². The first-order valence-corrected chi connectivity index (χ1v) is 10.6. The predicted molar refractivity (Wildman–Crippen MR) is 111 cm³/mol.